The Balaban J connectivity index is 2.63. The van der Waals surface area contributed by atoms with Gasteiger partial charge in [0, 0.05) is 24.2 Å². The second-order valence-corrected chi connectivity index (χ2v) is 4.95. The molecule has 0 aliphatic rings. The molecule has 1 N–H and O–H groups in total. The van der Waals surface area contributed by atoms with E-state index in [0.29, 0.717) is 5.56 Å². The molecule has 0 aromatic heterocycles. The molecule has 0 spiro atoms. The van der Waals surface area contributed by atoms with Crippen LogP contribution in [0.5, 0.6) is 0 Å². The standard InChI is InChI=1S/C17H19NO2/c1-4-18(11-12(2)3)16-10-9-15(17(19)20)13-7-5-6-8-14(13)16/h5-10H,2,4,11H2,1,3H3,(H,19,20). The Morgan fingerprint density at radius 3 is 2.40 bits per heavy atom. The molecule has 104 valence electrons. The highest BCUT2D eigenvalue weighted by molar-refractivity contribution is 6.07. The third-order valence-corrected chi connectivity index (χ3v) is 3.31. The fourth-order valence-electron chi connectivity index (χ4n) is 2.44. The molecule has 3 nitrogen and oxygen atoms in total. The van der Waals surface area contributed by atoms with Gasteiger partial charge in [0.05, 0.1) is 5.56 Å². The molecule has 0 fully saturated rings. The molecule has 20 heavy (non-hydrogen) atoms. The molecule has 0 unspecified atom stereocenters. The fourth-order valence-corrected chi connectivity index (χ4v) is 2.44. The van der Waals surface area contributed by atoms with Crippen LogP contribution in [0.15, 0.2) is 48.6 Å². The van der Waals surface area contributed by atoms with Crippen LogP contribution in [0.1, 0.15) is 24.2 Å². The van der Waals surface area contributed by atoms with Crippen molar-refractivity contribution in [3.63, 3.8) is 0 Å². The number of carboxylic acids is 1. The third-order valence-electron chi connectivity index (χ3n) is 3.31. The van der Waals surface area contributed by atoms with Gasteiger partial charge in [-0.25, -0.2) is 4.79 Å². The summed E-state index contributed by atoms with van der Waals surface area (Å²) in [5.41, 5.74) is 2.48. The van der Waals surface area contributed by atoms with Gasteiger partial charge in [-0.1, -0.05) is 36.4 Å². The highest BCUT2D eigenvalue weighted by Gasteiger charge is 2.14. The summed E-state index contributed by atoms with van der Waals surface area (Å²) in [4.78, 5) is 13.5. The van der Waals surface area contributed by atoms with Crippen LogP contribution in [0.3, 0.4) is 0 Å². The summed E-state index contributed by atoms with van der Waals surface area (Å²) < 4.78 is 0. The lowest BCUT2D eigenvalue weighted by Crippen LogP contribution is -2.24. The number of hydrogen-bond acceptors (Lipinski definition) is 2. The van der Waals surface area contributed by atoms with Gasteiger partial charge in [-0.05, 0) is 31.4 Å². The second-order valence-electron chi connectivity index (χ2n) is 4.95. The molecule has 2 aromatic rings. The summed E-state index contributed by atoms with van der Waals surface area (Å²) in [6, 6.07) is 11.2. The van der Waals surface area contributed by atoms with Crippen molar-refractivity contribution in [1.82, 2.24) is 0 Å². The normalized spacial score (nSPS) is 10.5. The quantitative estimate of drug-likeness (QED) is 0.836. The summed E-state index contributed by atoms with van der Waals surface area (Å²) in [7, 11) is 0. The van der Waals surface area contributed by atoms with E-state index in [1.807, 2.05) is 37.3 Å². The first kappa shape index (κ1) is 14.1. The van der Waals surface area contributed by atoms with Crippen LogP contribution in [-0.2, 0) is 0 Å². The molecular formula is C17H19NO2. The molecule has 0 aliphatic heterocycles. The molecule has 0 saturated carbocycles. The molecule has 0 bridgehead atoms. The van der Waals surface area contributed by atoms with E-state index in [2.05, 4.69) is 18.4 Å². The van der Waals surface area contributed by atoms with Crippen LogP contribution < -0.4 is 4.90 Å². The monoisotopic (exact) mass is 269 g/mol. The van der Waals surface area contributed by atoms with Crippen LogP contribution in [0.2, 0.25) is 0 Å². The Kier molecular flexibility index (Phi) is 4.08. The Hall–Kier alpha value is -2.29. The van der Waals surface area contributed by atoms with Crippen LogP contribution in [0, 0.1) is 0 Å². The minimum atomic E-state index is -0.893. The van der Waals surface area contributed by atoms with Gasteiger partial charge in [-0.15, -0.1) is 0 Å². The average Bonchev–Trinajstić information content (AvgIpc) is 2.43. The van der Waals surface area contributed by atoms with E-state index in [-0.39, 0.29) is 0 Å². The van der Waals surface area contributed by atoms with Crippen molar-refractivity contribution in [2.75, 3.05) is 18.0 Å². The Bertz CT molecular complexity index is 661. The van der Waals surface area contributed by atoms with Gasteiger partial charge in [0.15, 0.2) is 0 Å². The molecule has 0 atom stereocenters. The SMILES string of the molecule is C=C(C)CN(CC)c1ccc(C(=O)O)c2ccccc12. The lowest BCUT2D eigenvalue weighted by molar-refractivity contribution is 0.0699. The van der Waals surface area contributed by atoms with Gasteiger partial charge in [-0.2, -0.15) is 0 Å². The number of benzene rings is 2. The summed E-state index contributed by atoms with van der Waals surface area (Å²) in [5.74, 6) is -0.893. The average molecular weight is 269 g/mol. The number of aromatic carboxylic acids is 1. The number of carboxylic acid groups (broad SMARTS) is 1. The van der Waals surface area contributed by atoms with Gasteiger partial charge in [-0.3, -0.25) is 0 Å². The predicted octanol–water partition coefficient (Wildman–Crippen LogP) is 3.94. The van der Waals surface area contributed by atoms with Crippen molar-refractivity contribution in [1.29, 1.82) is 0 Å². The maximum atomic E-state index is 11.3. The molecule has 2 rings (SSSR count). The van der Waals surface area contributed by atoms with Crippen LogP contribution in [0.4, 0.5) is 5.69 Å². The number of anilines is 1. The number of hydrogen-bond donors (Lipinski definition) is 1. The summed E-state index contributed by atoms with van der Waals surface area (Å²) >= 11 is 0. The molecule has 3 heteroatoms. The van der Waals surface area contributed by atoms with Crippen molar-refractivity contribution >= 4 is 22.4 Å². The maximum absolute atomic E-state index is 11.3. The van der Waals surface area contributed by atoms with E-state index in [9.17, 15) is 9.90 Å². The van der Waals surface area contributed by atoms with Crippen molar-refractivity contribution in [3.05, 3.63) is 54.1 Å². The first-order valence-corrected chi connectivity index (χ1v) is 6.69. The van der Waals surface area contributed by atoms with E-state index < -0.39 is 5.97 Å². The number of likely N-dealkylation sites (N-methyl/N-ethyl adjacent to an activating group) is 1. The number of nitrogens with zero attached hydrogens (tertiary/aromatic N) is 1. The van der Waals surface area contributed by atoms with Gasteiger partial charge in [0.2, 0.25) is 0 Å². The summed E-state index contributed by atoms with van der Waals surface area (Å²) in [6.45, 7) is 9.66. The van der Waals surface area contributed by atoms with Crippen molar-refractivity contribution in [2.24, 2.45) is 0 Å². The van der Waals surface area contributed by atoms with Crippen LogP contribution in [-0.4, -0.2) is 24.2 Å². The van der Waals surface area contributed by atoms with Crippen LogP contribution in [0.25, 0.3) is 10.8 Å². The third kappa shape index (κ3) is 2.67. The lowest BCUT2D eigenvalue weighted by Gasteiger charge is -2.25. The molecule has 0 saturated heterocycles. The number of rotatable bonds is 5. The van der Waals surface area contributed by atoms with Gasteiger partial charge < -0.3 is 10.0 Å². The zero-order chi connectivity index (χ0) is 14.7. The van der Waals surface area contributed by atoms with E-state index in [4.69, 9.17) is 0 Å². The predicted molar refractivity (Wildman–Crippen MR) is 83.6 cm³/mol. The van der Waals surface area contributed by atoms with Crippen molar-refractivity contribution < 1.29 is 9.90 Å². The van der Waals surface area contributed by atoms with E-state index in [0.717, 1.165) is 35.1 Å². The summed E-state index contributed by atoms with van der Waals surface area (Å²) in [6.07, 6.45) is 0. The molecule has 0 aliphatic carbocycles. The van der Waals surface area contributed by atoms with E-state index >= 15 is 0 Å². The Morgan fingerprint density at radius 2 is 1.85 bits per heavy atom. The molecular weight excluding hydrogens is 250 g/mol. The Morgan fingerprint density at radius 1 is 1.20 bits per heavy atom. The zero-order valence-corrected chi connectivity index (χ0v) is 11.9. The smallest absolute Gasteiger partial charge is 0.336 e. The van der Waals surface area contributed by atoms with Crippen molar-refractivity contribution in [3.8, 4) is 0 Å². The van der Waals surface area contributed by atoms with Gasteiger partial charge >= 0.3 is 5.97 Å². The summed E-state index contributed by atoms with van der Waals surface area (Å²) in [5, 5.41) is 11.0. The maximum Gasteiger partial charge on any atom is 0.336 e. The highest BCUT2D eigenvalue weighted by atomic mass is 16.4. The van der Waals surface area contributed by atoms with Gasteiger partial charge in [0.1, 0.15) is 0 Å². The van der Waals surface area contributed by atoms with Crippen molar-refractivity contribution in [2.45, 2.75) is 13.8 Å². The second kappa shape index (κ2) is 5.78. The first-order chi connectivity index (χ1) is 9.54. The zero-order valence-electron chi connectivity index (χ0n) is 11.9. The fraction of sp³-hybridized carbons (Fsp3) is 0.235. The topological polar surface area (TPSA) is 40.5 Å². The minimum absolute atomic E-state index is 0.343. The minimum Gasteiger partial charge on any atom is -0.478 e. The molecule has 0 amide bonds. The molecule has 0 heterocycles. The number of fused-ring (bicyclic) bond motifs is 1. The lowest BCUT2D eigenvalue weighted by atomic mass is 10.0. The van der Waals surface area contributed by atoms with E-state index in [1.54, 1.807) is 6.07 Å². The Labute approximate surface area is 119 Å². The van der Waals surface area contributed by atoms with E-state index in [1.165, 1.54) is 0 Å². The molecule has 2 aromatic carbocycles. The molecule has 0 radical (unpaired) electrons. The van der Waals surface area contributed by atoms with Gasteiger partial charge in [0.25, 0.3) is 0 Å². The highest BCUT2D eigenvalue weighted by Crippen LogP contribution is 2.30. The van der Waals surface area contributed by atoms with Crippen LogP contribution >= 0.6 is 0 Å². The first-order valence-electron chi connectivity index (χ1n) is 6.69. The number of carbonyl (C=O) groups is 1. The largest absolute Gasteiger partial charge is 0.478 e.